The standard InChI is InChI=1S/C12H14O4S/c1-7(13)6-8-4-3-5-9(11(8)17-2)10(14)12(15)16/h3-5,10,14H,6H2,1-2H3,(H,15,16). The number of carbonyl (C=O) groups is 2. The zero-order chi connectivity index (χ0) is 13.0. The molecule has 0 aromatic heterocycles. The van der Waals surface area contributed by atoms with Crippen LogP contribution in [-0.2, 0) is 16.0 Å². The Hall–Kier alpha value is -1.33. The molecule has 92 valence electrons. The summed E-state index contributed by atoms with van der Waals surface area (Å²) in [5, 5.41) is 18.4. The van der Waals surface area contributed by atoms with Crippen molar-refractivity contribution in [3.05, 3.63) is 29.3 Å². The summed E-state index contributed by atoms with van der Waals surface area (Å²) in [6, 6.07) is 4.99. The molecule has 1 unspecified atom stereocenters. The lowest BCUT2D eigenvalue weighted by Gasteiger charge is -2.14. The number of aliphatic hydroxyl groups excluding tert-OH is 1. The number of aliphatic carboxylic acids is 1. The van der Waals surface area contributed by atoms with Crippen LogP contribution in [0.15, 0.2) is 23.1 Å². The molecule has 0 aliphatic heterocycles. The maximum Gasteiger partial charge on any atom is 0.337 e. The first-order valence-electron chi connectivity index (χ1n) is 5.03. The van der Waals surface area contributed by atoms with E-state index in [1.54, 1.807) is 24.5 Å². The molecule has 0 bridgehead atoms. The van der Waals surface area contributed by atoms with Crippen LogP contribution in [0.4, 0.5) is 0 Å². The molecule has 0 aliphatic rings. The van der Waals surface area contributed by atoms with Crippen LogP contribution in [0.2, 0.25) is 0 Å². The van der Waals surface area contributed by atoms with Crippen LogP contribution in [0.25, 0.3) is 0 Å². The van der Waals surface area contributed by atoms with Crippen molar-refractivity contribution in [2.45, 2.75) is 24.3 Å². The van der Waals surface area contributed by atoms with E-state index >= 15 is 0 Å². The van der Waals surface area contributed by atoms with Gasteiger partial charge < -0.3 is 10.2 Å². The Kier molecular flexibility index (Phi) is 4.72. The van der Waals surface area contributed by atoms with Gasteiger partial charge >= 0.3 is 5.97 Å². The number of benzene rings is 1. The van der Waals surface area contributed by atoms with Gasteiger partial charge in [0.2, 0.25) is 0 Å². The van der Waals surface area contributed by atoms with Crippen molar-refractivity contribution in [3.8, 4) is 0 Å². The fourth-order valence-corrected chi connectivity index (χ4v) is 2.43. The lowest BCUT2D eigenvalue weighted by atomic mass is 10.0. The largest absolute Gasteiger partial charge is 0.479 e. The van der Waals surface area contributed by atoms with Gasteiger partial charge in [0.05, 0.1) is 0 Å². The molecule has 1 aromatic carbocycles. The van der Waals surface area contributed by atoms with E-state index in [0.29, 0.717) is 10.5 Å². The average molecular weight is 254 g/mol. The summed E-state index contributed by atoms with van der Waals surface area (Å²) in [6.07, 6.45) is 0.484. The summed E-state index contributed by atoms with van der Waals surface area (Å²) in [5.41, 5.74) is 1.09. The van der Waals surface area contributed by atoms with Crippen LogP contribution in [-0.4, -0.2) is 28.2 Å². The van der Waals surface area contributed by atoms with E-state index in [-0.39, 0.29) is 12.2 Å². The number of aliphatic hydroxyl groups is 1. The Labute approximate surface area is 104 Å². The number of Topliss-reactive ketones (excluding diaryl/α,β-unsaturated/α-hetero) is 1. The van der Waals surface area contributed by atoms with Crippen molar-refractivity contribution >= 4 is 23.5 Å². The molecule has 0 fully saturated rings. The number of carboxylic acids is 1. The minimum absolute atomic E-state index is 0.00210. The molecular formula is C12H14O4S. The zero-order valence-corrected chi connectivity index (χ0v) is 10.5. The first-order chi connectivity index (χ1) is 7.97. The van der Waals surface area contributed by atoms with Gasteiger partial charge in [-0.15, -0.1) is 11.8 Å². The van der Waals surface area contributed by atoms with E-state index in [1.165, 1.54) is 18.7 Å². The van der Waals surface area contributed by atoms with Gasteiger partial charge in [-0.1, -0.05) is 18.2 Å². The van der Waals surface area contributed by atoms with Crippen molar-refractivity contribution in [3.63, 3.8) is 0 Å². The second-order valence-electron chi connectivity index (χ2n) is 3.66. The maximum absolute atomic E-state index is 11.1. The number of thioether (sulfide) groups is 1. The van der Waals surface area contributed by atoms with Gasteiger partial charge in [-0.25, -0.2) is 4.79 Å². The lowest BCUT2D eigenvalue weighted by Crippen LogP contribution is -2.12. The van der Waals surface area contributed by atoms with Crippen molar-refractivity contribution in [1.29, 1.82) is 0 Å². The first kappa shape index (κ1) is 13.7. The fraction of sp³-hybridized carbons (Fsp3) is 0.333. The Bertz CT molecular complexity index is 442. The second kappa shape index (κ2) is 5.84. The first-order valence-corrected chi connectivity index (χ1v) is 6.26. The van der Waals surface area contributed by atoms with Crippen molar-refractivity contribution in [2.24, 2.45) is 0 Å². The number of hydrogen-bond acceptors (Lipinski definition) is 4. The predicted molar refractivity (Wildman–Crippen MR) is 65.2 cm³/mol. The van der Waals surface area contributed by atoms with Crippen LogP contribution in [0.5, 0.6) is 0 Å². The molecule has 0 saturated carbocycles. The minimum atomic E-state index is -1.55. The van der Waals surface area contributed by atoms with Crippen LogP contribution in [0.3, 0.4) is 0 Å². The summed E-state index contributed by atoms with van der Waals surface area (Å²) in [6.45, 7) is 1.48. The Morgan fingerprint density at radius 3 is 2.53 bits per heavy atom. The number of carboxylic acid groups (broad SMARTS) is 1. The Morgan fingerprint density at radius 2 is 2.06 bits per heavy atom. The predicted octanol–water partition coefficient (Wildman–Crippen LogP) is 1.66. The average Bonchev–Trinajstić information content (AvgIpc) is 2.26. The van der Waals surface area contributed by atoms with Crippen molar-refractivity contribution in [1.82, 2.24) is 0 Å². The highest BCUT2D eigenvalue weighted by molar-refractivity contribution is 7.98. The second-order valence-corrected chi connectivity index (χ2v) is 4.48. The molecule has 2 N–H and O–H groups in total. The highest BCUT2D eigenvalue weighted by Gasteiger charge is 2.21. The number of rotatable bonds is 5. The molecular weight excluding hydrogens is 240 g/mol. The Balaban J connectivity index is 3.22. The fourth-order valence-electron chi connectivity index (χ4n) is 1.61. The molecule has 0 saturated heterocycles. The molecule has 0 heterocycles. The molecule has 4 nitrogen and oxygen atoms in total. The van der Waals surface area contributed by atoms with E-state index < -0.39 is 12.1 Å². The highest BCUT2D eigenvalue weighted by atomic mass is 32.2. The van der Waals surface area contributed by atoms with Crippen LogP contribution < -0.4 is 0 Å². The van der Waals surface area contributed by atoms with Crippen LogP contribution in [0.1, 0.15) is 24.2 Å². The summed E-state index contributed by atoms with van der Waals surface area (Å²) in [7, 11) is 0. The van der Waals surface area contributed by atoms with Crippen molar-refractivity contribution < 1.29 is 19.8 Å². The topological polar surface area (TPSA) is 74.6 Å². The number of carbonyl (C=O) groups excluding carboxylic acids is 1. The molecule has 0 aliphatic carbocycles. The third kappa shape index (κ3) is 3.31. The van der Waals surface area contributed by atoms with Gasteiger partial charge in [0.15, 0.2) is 6.10 Å². The van der Waals surface area contributed by atoms with Gasteiger partial charge in [0.25, 0.3) is 0 Å². The smallest absolute Gasteiger partial charge is 0.337 e. The number of ketones is 1. The molecule has 17 heavy (non-hydrogen) atoms. The maximum atomic E-state index is 11.1. The Morgan fingerprint density at radius 1 is 1.41 bits per heavy atom. The van der Waals surface area contributed by atoms with Gasteiger partial charge in [0.1, 0.15) is 5.78 Å². The summed E-state index contributed by atoms with van der Waals surface area (Å²) >= 11 is 1.33. The van der Waals surface area contributed by atoms with Gasteiger partial charge in [-0.3, -0.25) is 4.79 Å². The SMILES string of the molecule is CSc1c(CC(C)=O)cccc1C(O)C(=O)O. The lowest BCUT2D eigenvalue weighted by molar-refractivity contribution is -0.147. The zero-order valence-electron chi connectivity index (χ0n) is 9.64. The van der Waals surface area contributed by atoms with E-state index in [9.17, 15) is 14.7 Å². The van der Waals surface area contributed by atoms with Crippen molar-refractivity contribution in [2.75, 3.05) is 6.26 Å². The van der Waals surface area contributed by atoms with E-state index in [0.717, 1.165) is 5.56 Å². The molecule has 1 aromatic rings. The summed E-state index contributed by atoms with van der Waals surface area (Å²) in [5.74, 6) is -1.29. The quantitative estimate of drug-likeness (QED) is 0.782. The van der Waals surface area contributed by atoms with Crippen LogP contribution in [0, 0.1) is 0 Å². The summed E-state index contributed by atoms with van der Waals surface area (Å²) in [4.78, 5) is 22.5. The van der Waals surface area contributed by atoms with Crippen LogP contribution >= 0.6 is 11.8 Å². The molecule has 1 rings (SSSR count). The highest BCUT2D eigenvalue weighted by Crippen LogP contribution is 2.30. The molecule has 0 spiro atoms. The minimum Gasteiger partial charge on any atom is -0.479 e. The van der Waals surface area contributed by atoms with Gasteiger partial charge in [-0.2, -0.15) is 0 Å². The number of hydrogen-bond donors (Lipinski definition) is 2. The van der Waals surface area contributed by atoms with Gasteiger partial charge in [0, 0.05) is 16.9 Å². The van der Waals surface area contributed by atoms with E-state index in [2.05, 4.69) is 0 Å². The van der Waals surface area contributed by atoms with E-state index in [1.807, 2.05) is 0 Å². The molecule has 1 atom stereocenters. The van der Waals surface area contributed by atoms with Gasteiger partial charge in [-0.05, 0) is 18.7 Å². The molecule has 0 amide bonds. The third-order valence-electron chi connectivity index (χ3n) is 2.30. The third-order valence-corrected chi connectivity index (χ3v) is 3.21. The molecule has 5 heteroatoms. The monoisotopic (exact) mass is 254 g/mol. The normalized spacial score (nSPS) is 12.2. The molecule has 0 radical (unpaired) electrons. The summed E-state index contributed by atoms with van der Waals surface area (Å²) < 4.78 is 0. The van der Waals surface area contributed by atoms with E-state index in [4.69, 9.17) is 5.11 Å².